The zero-order chi connectivity index (χ0) is 28.4. The Morgan fingerprint density at radius 3 is 1.26 bits per heavy atom. The SMILES string of the molecule is c1ccc2cc3c(cc2c1)-c1cc2ccccc2cc1C3(c1ccc(OCC2CO2)cc1)c1ccc(OCC2CO2)cc1. The highest BCUT2D eigenvalue weighted by molar-refractivity contribution is 6.00. The molecule has 0 spiro atoms. The lowest BCUT2D eigenvalue weighted by Gasteiger charge is -2.34. The molecule has 4 heteroatoms. The largest absolute Gasteiger partial charge is 0.491 e. The van der Waals surface area contributed by atoms with Crippen molar-refractivity contribution in [2.45, 2.75) is 17.6 Å². The van der Waals surface area contributed by atoms with E-state index in [9.17, 15) is 0 Å². The van der Waals surface area contributed by atoms with Crippen LogP contribution in [0, 0.1) is 0 Å². The standard InChI is InChI=1S/C39H30O4/c1-3-7-27-19-37-35(17-25(27)5-1)36-18-26-6-2-4-8-28(26)20-38(36)39(37,29-9-13-31(14-10-29)40-21-33-23-42-33)30-11-15-32(16-12-30)41-22-34-24-43-34/h1-20,33-34H,21-24H2. The molecule has 210 valence electrons. The van der Waals surface area contributed by atoms with Crippen molar-refractivity contribution in [2.75, 3.05) is 26.4 Å². The van der Waals surface area contributed by atoms with Gasteiger partial charge in [-0.15, -0.1) is 0 Å². The second-order valence-electron chi connectivity index (χ2n) is 11.8. The first kappa shape index (κ1) is 24.9. The van der Waals surface area contributed by atoms with E-state index in [4.69, 9.17) is 18.9 Å². The van der Waals surface area contributed by atoms with Gasteiger partial charge in [0, 0.05) is 0 Å². The lowest BCUT2D eigenvalue weighted by molar-refractivity contribution is 0.263. The number of fused-ring (bicyclic) bond motifs is 5. The maximum atomic E-state index is 6.06. The monoisotopic (exact) mass is 562 g/mol. The molecule has 6 aromatic carbocycles. The summed E-state index contributed by atoms with van der Waals surface area (Å²) < 4.78 is 22.8. The Balaban J connectivity index is 1.29. The van der Waals surface area contributed by atoms with Gasteiger partial charge in [-0.1, -0.05) is 72.8 Å². The average molecular weight is 563 g/mol. The van der Waals surface area contributed by atoms with Gasteiger partial charge in [-0.05, 0) is 103 Å². The van der Waals surface area contributed by atoms with Crippen LogP contribution in [0.25, 0.3) is 32.7 Å². The highest BCUT2D eigenvalue weighted by atomic mass is 16.6. The van der Waals surface area contributed by atoms with Crippen LogP contribution in [0.4, 0.5) is 0 Å². The Bertz CT molecular complexity index is 1840. The van der Waals surface area contributed by atoms with E-state index in [0.717, 1.165) is 24.7 Å². The quantitative estimate of drug-likeness (QED) is 0.177. The van der Waals surface area contributed by atoms with Gasteiger partial charge in [-0.2, -0.15) is 0 Å². The van der Waals surface area contributed by atoms with E-state index in [-0.39, 0.29) is 12.2 Å². The van der Waals surface area contributed by atoms with Gasteiger partial charge in [-0.25, -0.2) is 0 Å². The third kappa shape index (κ3) is 4.21. The maximum absolute atomic E-state index is 6.06. The summed E-state index contributed by atoms with van der Waals surface area (Å²) in [5.74, 6) is 1.71. The molecule has 0 N–H and O–H groups in total. The van der Waals surface area contributed by atoms with E-state index < -0.39 is 5.41 Å². The van der Waals surface area contributed by atoms with Gasteiger partial charge in [0.1, 0.15) is 36.9 Å². The van der Waals surface area contributed by atoms with Crippen LogP contribution >= 0.6 is 0 Å². The first-order valence-corrected chi connectivity index (χ1v) is 15.0. The number of hydrogen-bond acceptors (Lipinski definition) is 4. The fourth-order valence-electron chi connectivity index (χ4n) is 6.79. The van der Waals surface area contributed by atoms with Gasteiger partial charge >= 0.3 is 0 Å². The van der Waals surface area contributed by atoms with E-state index in [1.807, 2.05) is 0 Å². The normalized spacial score (nSPS) is 19.2. The molecule has 2 unspecified atom stereocenters. The molecule has 2 atom stereocenters. The van der Waals surface area contributed by atoms with Gasteiger partial charge < -0.3 is 18.9 Å². The zero-order valence-corrected chi connectivity index (χ0v) is 23.7. The van der Waals surface area contributed by atoms with Crippen molar-refractivity contribution in [2.24, 2.45) is 0 Å². The van der Waals surface area contributed by atoms with Crippen LogP contribution in [0.15, 0.2) is 121 Å². The van der Waals surface area contributed by atoms with Crippen molar-refractivity contribution in [3.8, 4) is 22.6 Å². The highest BCUT2D eigenvalue weighted by Crippen LogP contribution is 2.58. The lowest BCUT2D eigenvalue weighted by Crippen LogP contribution is -2.28. The molecule has 4 nitrogen and oxygen atoms in total. The topological polar surface area (TPSA) is 43.5 Å². The summed E-state index contributed by atoms with van der Waals surface area (Å²) in [6.07, 6.45) is 0.432. The molecule has 2 saturated heterocycles. The first-order valence-electron chi connectivity index (χ1n) is 15.0. The number of ether oxygens (including phenoxy) is 4. The summed E-state index contributed by atoms with van der Waals surface area (Å²) in [6, 6.07) is 44.3. The van der Waals surface area contributed by atoms with E-state index in [0.29, 0.717) is 13.2 Å². The third-order valence-electron chi connectivity index (χ3n) is 9.12. The van der Waals surface area contributed by atoms with Gasteiger partial charge in [-0.3, -0.25) is 0 Å². The molecular weight excluding hydrogens is 532 g/mol. The van der Waals surface area contributed by atoms with Gasteiger partial charge in [0.15, 0.2) is 0 Å². The molecule has 0 bridgehead atoms. The summed E-state index contributed by atoms with van der Waals surface area (Å²) in [5.41, 5.74) is 7.00. The highest BCUT2D eigenvalue weighted by Gasteiger charge is 2.46. The molecule has 6 aromatic rings. The van der Waals surface area contributed by atoms with Crippen LogP contribution in [-0.4, -0.2) is 38.6 Å². The molecule has 0 amide bonds. The first-order chi connectivity index (χ1) is 21.3. The number of epoxide rings is 2. The fourth-order valence-corrected chi connectivity index (χ4v) is 6.79. The van der Waals surface area contributed by atoms with Crippen LogP contribution in [0.5, 0.6) is 11.5 Å². The fraction of sp³-hybridized carbons (Fsp3) is 0.179. The summed E-state index contributed by atoms with van der Waals surface area (Å²) in [7, 11) is 0. The van der Waals surface area contributed by atoms with Crippen LogP contribution in [-0.2, 0) is 14.9 Å². The predicted molar refractivity (Wildman–Crippen MR) is 169 cm³/mol. The molecule has 9 rings (SSSR count). The van der Waals surface area contributed by atoms with Gasteiger partial charge in [0.25, 0.3) is 0 Å². The van der Waals surface area contributed by atoms with E-state index in [2.05, 4.69) is 121 Å². The summed E-state index contributed by atoms with van der Waals surface area (Å²) >= 11 is 0. The maximum Gasteiger partial charge on any atom is 0.119 e. The minimum absolute atomic E-state index is 0.216. The number of rotatable bonds is 8. The van der Waals surface area contributed by atoms with Crippen molar-refractivity contribution in [1.82, 2.24) is 0 Å². The average Bonchev–Trinajstić information content (AvgIpc) is 4.00. The molecule has 43 heavy (non-hydrogen) atoms. The Hall–Kier alpha value is -4.64. The third-order valence-corrected chi connectivity index (χ3v) is 9.12. The van der Waals surface area contributed by atoms with Gasteiger partial charge in [0.05, 0.1) is 18.6 Å². The molecular formula is C39H30O4. The molecule has 2 aliphatic heterocycles. The Morgan fingerprint density at radius 2 is 0.884 bits per heavy atom. The van der Waals surface area contributed by atoms with Gasteiger partial charge in [0.2, 0.25) is 0 Å². The van der Waals surface area contributed by atoms with Crippen molar-refractivity contribution in [1.29, 1.82) is 0 Å². The Kier molecular flexibility index (Phi) is 5.62. The van der Waals surface area contributed by atoms with E-state index in [1.165, 1.54) is 54.9 Å². The molecule has 0 saturated carbocycles. The van der Waals surface area contributed by atoms with Crippen LogP contribution in [0.2, 0.25) is 0 Å². The van der Waals surface area contributed by atoms with Crippen LogP contribution < -0.4 is 9.47 Å². The van der Waals surface area contributed by atoms with Crippen LogP contribution in [0.3, 0.4) is 0 Å². The zero-order valence-electron chi connectivity index (χ0n) is 23.7. The minimum Gasteiger partial charge on any atom is -0.491 e. The summed E-state index contributed by atoms with van der Waals surface area (Å²) in [6.45, 7) is 2.73. The Labute approximate surface area is 250 Å². The predicted octanol–water partition coefficient (Wildman–Crippen LogP) is 7.91. The molecule has 2 fully saturated rings. The molecule has 0 aromatic heterocycles. The molecule has 3 aliphatic rings. The van der Waals surface area contributed by atoms with E-state index >= 15 is 0 Å². The molecule has 0 radical (unpaired) electrons. The lowest BCUT2D eigenvalue weighted by atomic mass is 9.67. The molecule has 1 aliphatic carbocycles. The molecule has 2 heterocycles. The van der Waals surface area contributed by atoms with Crippen LogP contribution in [0.1, 0.15) is 22.3 Å². The van der Waals surface area contributed by atoms with Crippen molar-refractivity contribution < 1.29 is 18.9 Å². The van der Waals surface area contributed by atoms with Crippen molar-refractivity contribution in [3.05, 3.63) is 144 Å². The number of benzene rings is 6. The van der Waals surface area contributed by atoms with Crippen molar-refractivity contribution in [3.63, 3.8) is 0 Å². The Morgan fingerprint density at radius 1 is 0.512 bits per heavy atom. The second-order valence-corrected chi connectivity index (χ2v) is 11.8. The second kappa shape index (κ2) is 9.70. The summed E-state index contributed by atoms with van der Waals surface area (Å²) in [5, 5.41) is 4.95. The minimum atomic E-state index is -0.533. The van der Waals surface area contributed by atoms with E-state index in [1.54, 1.807) is 0 Å². The smallest absolute Gasteiger partial charge is 0.119 e. The summed E-state index contributed by atoms with van der Waals surface area (Å²) in [4.78, 5) is 0. The van der Waals surface area contributed by atoms with Crippen molar-refractivity contribution >= 4 is 21.5 Å². The number of hydrogen-bond donors (Lipinski definition) is 0.